The number of benzene rings is 3. The van der Waals surface area contributed by atoms with Gasteiger partial charge in [0, 0.05) is 6.54 Å². The number of hydrogen-bond donors (Lipinski definition) is 2. The van der Waals surface area contributed by atoms with E-state index in [9.17, 15) is 22.0 Å². The molecule has 0 aliphatic heterocycles. The van der Waals surface area contributed by atoms with Gasteiger partial charge in [-0.25, -0.2) is 17.2 Å². The maximum absolute atomic E-state index is 14.1. The van der Waals surface area contributed by atoms with E-state index in [1.165, 1.54) is 31.4 Å². The number of amides is 1. The van der Waals surface area contributed by atoms with Gasteiger partial charge in [0.05, 0.1) is 7.11 Å². The van der Waals surface area contributed by atoms with Gasteiger partial charge in [-0.2, -0.15) is 4.72 Å². The molecule has 1 unspecified atom stereocenters. The average molecular weight is 461 g/mol. The molecule has 6 nitrogen and oxygen atoms in total. The summed E-state index contributed by atoms with van der Waals surface area (Å²) in [5, 5.41) is 2.61. The van der Waals surface area contributed by atoms with Crippen molar-refractivity contribution in [3.05, 3.63) is 95.6 Å². The standard InChI is InChI=1S/C23H22F2N2O4S/c1-31-21-12-11-17(13-19(21)25)15-26-23(28)20(14-16-7-3-2-4-8-16)27-32(29,30)22-10-6-5-9-18(22)24/h2-13,20,27H,14-15H2,1H3,(H,26,28). The molecule has 168 valence electrons. The van der Waals surface area contributed by atoms with Gasteiger partial charge in [-0.05, 0) is 41.8 Å². The van der Waals surface area contributed by atoms with Crippen LogP contribution in [0.25, 0.3) is 0 Å². The molecule has 0 heterocycles. The molecular weight excluding hydrogens is 438 g/mol. The lowest BCUT2D eigenvalue weighted by Gasteiger charge is -2.19. The number of sulfonamides is 1. The van der Waals surface area contributed by atoms with Gasteiger partial charge in [-0.15, -0.1) is 0 Å². The number of ether oxygens (including phenoxy) is 1. The Labute approximate surface area is 185 Å². The summed E-state index contributed by atoms with van der Waals surface area (Å²) in [6.45, 7) is -0.0353. The number of carbonyl (C=O) groups excluding carboxylic acids is 1. The van der Waals surface area contributed by atoms with Gasteiger partial charge in [-0.1, -0.05) is 48.5 Å². The second-order valence-corrected chi connectivity index (χ2v) is 8.66. The van der Waals surface area contributed by atoms with Crippen molar-refractivity contribution in [3.63, 3.8) is 0 Å². The maximum Gasteiger partial charge on any atom is 0.244 e. The Kier molecular flexibility index (Phi) is 7.55. The fraction of sp³-hybridized carbons (Fsp3) is 0.174. The third-order valence-electron chi connectivity index (χ3n) is 4.71. The fourth-order valence-corrected chi connectivity index (χ4v) is 4.36. The Bertz CT molecular complexity index is 1190. The van der Waals surface area contributed by atoms with Crippen LogP contribution in [-0.4, -0.2) is 27.5 Å². The van der Waals surface area contributed by atoms with Crippen LogP contribution in [0.4, 0.5) is 8.78 Å². The molecule has 0 aliphatic rings. The highest BCUT2D eigenvalue weighted by atomic mass is 32.2. The minimum atomic E-state index is -4.32. The predicted molar refractivity (Wildman–Crippen MR) is 115 cm³/mol. The average Bonchev–Trinajstić information content (AvgIpc) is 2.78. The molecule has 9 heteroatoms. The summed E-state index contributed by atoms with van der Waals surface area (Å²) in [5.41, 5.74) is 1.17. The van der Waals surface area contributed by atoms with Crippen LogP contribution in [-0.2, 0) is 27.8 Å². The van der Waals surface area contributed by atoms with E-state index in [2.05, 4.69) is 10.0 Å². The van der Waals surface area contributed by atoms with Crippen molar-refractivity contribution in [1.29, 1.82) is 0 Å². The largest absolute Gasteiger partial charge is 0.494 e. The van der Waals surface area contributed by atoms with Crippen molar-refractivity contribution in [3.8, 4) is 5.75 Å². The summed E-state index contributed by atoms with van der Waals surface area (Å²) in [7, 11) is -2.97. The molecule has 0 bridgehead atoms. The van der Waals surface area contributed by atoms with Crippen LogP contribution in [0.15, 0.2) is 77.7 Å². The molecule has 1 amide bonds. The minimum absolute atomic E-state index is 0.0353. The summed E-state index contributed by atoms with van der Waals surface area (Å²) in [6, 6.07) is 16.7. The minimum Gasteiger partial charge on any atom is -0.494 e. The van der Waals surface area contributed by atoms with Gasteiger partial charge >= 0.3 is 0 Å². The van der Waals surface area contributed by atoms with Crippen molar-refractivity contribution in [2.45, 2.75) is 23.9 Å². The summed E-state index contributed by atoms with van der Waals surface area (Å²) in [4.78, 5) is 12.3. The Balaban J connectivity index is 1.80. The van der Waals surface area contributed by atoms with Crippen LogP contribution in [0.3, 0.4) is 0 Å². The van der Waals surface area contributed by atoms with E-state index in [0.717, 1.165) is 12.1 Å². The Morgan fingerprint density at radius 2 is 1.62 bits per heavy atom. The Hall–Kier alpha value is -3.30. The lowest BCUT2D eigenvalue weighted by atomic mass is 10.1. The van der Waals surface area contributed by atoms with Gasteiger partial charge in [0.1, 0.15) is 16.8 Å². The van der Waals surface area contributed by atoms with Crippen LogP contribution < -0.4 is 14.8 Å². The first-order chi connectivity index (χ1) is 15.3. The summed E-state index contributed by atoms with van der Waals surface area (Å²) in [5.74, 6) is -2.07. The third kappa shape index (κ3) is 5.89. The molecule has 0 radical (unpaired) electrons. The van der Waals surface area contributed by atoms with Crippen molar-refractivity contribution in [2.75, 3.05) is 7.11 Å². The van der Waals surface area contributed by atoms with E-state index >= 15 is 0 Å². The first-order valence-corrected chi connectivity index (χ1v) is 11.2. The highest BCUT2D eigenvalue weighted by Crippen LogP contribution is 2.18. The monoisotopic (exact) mass is 460 g/mol. The first-order valence-electron chi connectivity index (χ1n) is 9.71. The molecule has 3 aromatic rings. The van der Waals surface area contributed by atoms with Crippen LogP contribution in [0.2, 0.25) is 0 Å². The number of hydrogen-bond acceptors (Lipinski definition) is 4. The van der Waals surface area contributed by atoms with Crippen molar-refractivity contribution in [1.82, 2.24) is 10.0 Å². The molecule has 1 atom stereocenters. The topological polar surface area (TPSA) is 84.5 Å². The lowest BCUT2D eigenvalue weighted by Crippen LogP contribution is -2.47. The number of halogens is 2. The number of rotatable bonds is 9. The van der Waals surface area contributed by atoms with Crippen molar-refractivity contribution in [2.24, 2.45) is 0 Å². The molecule has 3 aromatic carbocycles. The van der Waals surface area contributed by atoms with Gasteiger partial charge in [0.2, 0.25) is 15.9 Å². The third-order valence-corrected chi connectivity index (χ3v) is 6.21. The molecule has 3 rings (SSSR count). The normalized spacial score (nSPS) is 12.2. The van der Waals surface area contributed by atoms with Gasteiger partial charge in [0.15, 0.2) is 11.6 Å². The van der Waals surface area contributed by atoms with Crippen LogP contribution in [0, 0.1) is 11.6 Å². The number of carbonyl (C=O) groups is 1. The van der Waals surface area contributed by atoms with Crippen molar-refractivity contribution >= 4 is 15.9 Å². The zero-order valence-corrected chi connectivity index (χ0v) is 18.0. The van der Waals surface area contributed by atoms with E-state index in [0.29, 0.717) is 11.1 Å². The van der Waals surface area contributed by atoms with Gasteiger partial charge in [-0.3, -0.25) is 4.79 Å². The van der Waals surface area contributed by atoms with E-state index in [-0.39, 0.29) is 18.7 Å². The number of nitrogens with one attached hydrogen (secondary N) is 2. The smallest absolute Gasteiger partial charge is 0.244 e. The molecule has 0 saturated carbocycles. The molecule has 2 N–H and O–H groups in total. The van der Waals surface area contributed by atoms with E-state index < -0.39 is 38.5 Å². The van der Waals surface area contributed by atoms with Crippen molar-refractivity contribution < 1.29 is 26.7 Å². The second kappa shape index (κ2) is 10.3. The van der Waals surface area contributed by atoms with E-state index in [1.54, 1.807) is 36.4 Å². The fourth-order valence-electron chi connectivity index (χ4n) is 3.08. The second-order valence-electron chi connectivity index (χ2n) is 6.98. The summed E-state index contributed by atoms with van der Waals surface area (Å²) in [6.07, 6.45) is 0.0390. The SMILES string of the molecule is COc1ccc(CNC(=O)C(Cc2ccccc2)NS(=O)(=O)c2ccccc2F)cc1F. The van der Waals surface area contributed by atoms with Gasteiger partial charge in [0.25, 0.3) is 0 Å². The van der Waals surface area contributed by atoms with Crippen LogP contribution in [0.5, 0.6) is 5.75 Å². The quantitative estimate of drug-likeness (QED) is 0.514. The number of methoxy groups -OCH3 is 1. The summed E-state index contributed by atoms with van der Waals surface area (Å²) >= 11 is 0. The molecule has 32 heavy (non-hydrogen) atoms. The molecular formula is C23H22F2N2O4S. The molecule has 0 aliphatic carbocycles. The highest BCUT2D eigenvalue weighted by molar-refractivity contribution is 7.89. The molecule has 0 aromatic heterocycles. The molecule has 0 saturated heterocycles. The lowest BCUT2D eigenvalue weighted by molar-refractivity contribution is -0.122. The van der Waals surface area contributed by atoms with E-state index in [1.807, 2.05) is 0 Å². The Morgan fingerprint density at radius 1 is 0.938 bits per heavy atom. The summed E-state index contributed by atoms with van der Waals surface area (Å²) < 4.78 is 60.6. The molecule has 0 fully saturated rings. The van der Waals surface area contributed by atoms with Gasteiger partial charge < -0.3 is 10.1 Å². The zero-order valence-electron chi connectivity index (χ0n) is 17.2. The zero-order chi connectivity index (χ0) is 23.1. The predicted octanol–water partition coefficient (Wildman–Crippen LogP) is 3.18. The van der Waals surface area contributed by atoms with E-state index in [4.69, 9.17) is 4.74 Å². The van der Waals surface area contributed by atoms with Crippen LogP contribution >= 0.6 is 0 Å². The molecule has 0 spiro atoms. The Morgan fingerprint density at radius 3 is 2.28 bits per heavy atom. The first kappa shape index (κ1) is 23.4. The highest BCUT2D eigenvalue weighted by Gasteiger charge is 2.27. The maximum atomic E-state index is 14.1. The van der Waals surface area contributed by atoms with Crippen LogP contribution in [0.1, 0.15) is 11.1 Å².